The van der Waals surface area contributed by atoms with Gasteiger partial charge in [-0.25, -0.2) is 8.78 Å². The minimum atomic E-state index is -0.220. The summed E-state index contributed by atoms with van der Waals surface area (Å²) in [6, 6.07) is 13.0. The Hall–Kier alpha value is -1.74. The van der Waals surface area contributed by atoms with Crippen LogP contribution in [0.25, 0.3) is 0 Å². The average molecular weight is 249 g/mol. The number of halogens is 2. The van der Waals surface area contributed by atoms with Crippen molar-refractivity contribution in [2.45, 2.75) is 19.3 Å². The van der Waals surface area contributed by atoms with Gasteiger partial charge in [-0.2, -0.15) is 0 Å². The zero-order chi connectivity index (χ0) is 12.3. The van der Waals surface area contributed by atoms with E-state index in [2.05, 4.69) is 6.92 Å². The molecule has 0 aliphatic heterocycles. The summed E-state index contributed by atoms with van der Waals surface area (Å²) in [6.45, 7) is 2.08. The van der Waals surface area contributed by atoms with Crippen LogP contribution >= 0.6 is 0 Å². The molecule has 0 saturated heterocycles. The van der Waals surface area contributed by atoms with Gasteiger partial charge in [0.05, 0.1) is 0 Å². The van der Waals surface area contributed by atoms with E-state index in [4.69, 9.17) is 0 Å². The SMILES string of the molecule is CC(Cc1ccc(F)cc1)c1ccc(F)cc1.N. The number of hydrogen-bond acceptors (Lipinski definition) is 1. The summed E-state index contributed by atoms with van der Waals surface area (Å²) >= 11 is 0. The molecule has 2 rings (SSSR count). The van der Waals surface area contributed by atoms with Gasteiger partial charge in [0.15, 0.2) is 0 Å². The van der Waals surface area contributed by atoms with Crippen LogP contribution in [0.2, 0.25) is 0 Å². The molecule has 18 heavy (non-hydrogen) atoms. The third kappa shape index (κ3) is 3.64. The summed E-state index contributed by atoms with van der Waals surface area (Å²) in [6.07, 6.45) is 0.825. The monoisotopic (exact) mass is 249 g/mol. The molecule has 0 aromatic heterocycles. The van der Waals surface area contributed by atoms with Crippen molar-refractivity contribution in [2.75, 3.05) is 0 Å². The van der Waals surface area contributed by atoms with Crippen LogP contribution in [0, 0.1) is 11.6 Å². The Morgan fingerprint density at radius 3 is 1.78 bits per heavy atom. The standard InChI is InChI=1S/C15H14F2.H3N/c1-11(13-4-8-15(17)9-5-13)10-12-2-6-14(16)7-3-12;/h2-9,11H,10H2,1H3;1H3. The Morgan fingerprint density at radius 2 is 1.28 bits per heavy atom. The molecule has 2 aromatic carbocycles. The van der Waals surface area contributed by atoms with E-state index in [0.29, 0.717) is 5.92 Å². The van der Waals surface area contributed by atoms with Crippen LogP contribution in [0.5, 0.6) is 0 Å². The zero-order valence-electron chi connectivity index (χ0n) is 10.4. The molecule has 0 heterocycles. The fourth-order valence-electron chi connectivity index (χ4n) is 1.88. The second-order valence-corrected chi connectivity index (χ2v) is 4.28. The molecule has 2 aromatic rings. The van der Waals surface area contributed by atoms with Gasteiger partial charge in [-0.3, -0.25) is 0 Å². The maximum atomic E-state index is 12.8. The molecule has 0 fully saturated rings. The molecular weight excluding hydrogens is 232 g/mol. The van der Waals surface area contributed by atoms with E-state index in [9.17, 15) is 8.78 Å². The van der Waals surface area contributed by atoms with E-state index >= 15 is 0 Å². The van der Waals surface area contributed by atoms with E-state index in [1.807, 2.05) is 0 Å². The first-order valence-electron chi connectivity index (χ1n) is 5.65. The Kier molecular flexibility index (Phi) is 4.98. The van der Waals surface area contributed by atoms with E-state index in [1.165, 1.54) is 24.3 Å². The summed E-state index contributed by atoms with van der Waals surface area (Å²) < 4.78 is 25.5. The van der Waals surface area contributed by atoms with Crippen LogP contribution in [-0.4, -0.2) is 0 Å². The highest BCUT2D eigenvalue weighted by atomic mass is 19.1. The second-order valence-electron chi connectivity index (χ2n) is 4.28. The normalized spacial score (nSPS) is 11.7. The lowest BCUT2D eigenvalue weighted by Crippen LogP contribution is -1.98. The number of hydrogen-bond donors (Lipinski definition) is 1. The molecule has 0 aliphatic rings. The average Bonchev–Trinajstić information content (AvgIpc) is 2.33. The predicted octanol–water partition coefficient (Wildman–Crippen LogP) is 4.47. The van der Waals surface area contributed by atoms with Crippen molar-refractivity contribution >= 4 is 0 Å². The maximum Gasteiger partial charge on any atom is 0.123 e. The van der Waals surface area contributed by atoms with Crippen molar-refractivity contribution in [1.29, 1.82) is 0 Å². The predicted molar refractivity (Wildman–Crippen MR) is 69.9 cm³/mol. The third-order valence-electron chi connectivity index (χ3n) is 2.89. The third-order valence-corrected chi connectivity index (χ3v) is 2.89. The lowest BCUT2D eigenvalue weighted by atomic mass is 9.94. The van der Waals surface area contributed by atoms with Crippen molar-refractivity contribution in [1.82, 2.24) is 6.15 Å². The molecule has 96 valence electrons. The van der Waals surface area contributed by atoms with Crippen molar-refractivity contribution < 1.29 is 8.78 Å². The molecule has 0 bridgehead atoms. The highest BCUT2D eigenvalue weighted by molar-refractivity contribution is 5.24. The number of benzene rings is 2. The topological polar surface area (TPSA) is 35.0 Å². The Balaban J connectivity index is 0.00000162. The van der Waals surface area contributed by atoms with Crippen molar-refractivity contribution in [3.63, 3.8) is 0 Å². The van der Waals surface area contributed by atoms with Crippen molar-refractivity contribution in [2.24, 2.45) is 0 Å². The molecule has 0 amide bonds. The molecule has 0 saturated carbocycles. The molecule has 1 atom stereocenters. The quantitative estimate of drug-likeness (QED) is 0.855. The van der Waals surface area contributed by atoms with Gasteiger partial charge in [0.2, 0.25) is 0 Å². The molecule has 3 N–H and O–H groups in total. The van der Waals surface area contributed by atoms with Gasteiger partial charge in [0.1, 0.15) is 11.6 Å². The van der Waals surface area contributed by atoms with E-state index in [-0.39, 0.29) is 17.8 Å². The first-order chi connectivity index (χ1) is 8.15. The van der Waals surface area contributed by atoms with Crippen molar-refractivity contribution in [3.05, 3.63) is 71.3 Å². The molecule has 0 aliphatic carbocycles. The summed E-state index contributed by atoms with van der Waals surface area (Å²) in [5.41, 5.74) is 2.18. The second kappa shape index (κ2) is 6.26. The summed E-state index contributed by atoms with van der Waals surface area (Å²) in [5.74, 6) is -0.146. The number of rotatable bonds is 3. The van der Waals surface area contributed by atoms with E-state index < -0.39 is 0 Å². The van der Waals surface area contributed by atoms with Gasteiger partial charge >= 0.3 is 0 Å². The summed E-state index contributed by atoms with van der Waals surface area (Å²) in [5, 5.41) is 0. The zero-order valence-corrected chi connectivity index (χ0v) is 10.4. The van der Waals surface area contributed by atoms with E-state index in [0.717, 1.165) is 17.5 Å². The van der Waals surface area contributed by atoms with Gasteiger partial charge in [-0.05, 0) is 47.7 Å². The molecule has 0 spiro atoms. The Labute approximate surface area is 106 Å². The minimum absolute atomic E-state index is 0. The van der Waals surface area contributed by atoms with Crippen molar-refractivity contribution in [3.8, 4) is 0 Å². The van der Waals surface area contributed by atoms with Gasteiger partial charge in [-0.15, -0.1) is 0 Å². The lowest BCUT2D eigenvalue weighted by molar-refractivity contribution is 0.623. The van der Waals surface area contributed by atoms with Crippen LogP contribution < -0.4 is 6.15 Å². The minimum Gasteiger partial charge on any atom is -0.344 e. The fraction of sp³-hybridized carbons (Fsp3) is 0.200. The maximum absolute atomic E-state index is 12.8. The van der Waals surface area contributed by atoms with Crippen LogP contribution in [0.15, 0.2) is 48.5 Å². The van der Waals surface area contributed by atoms with E-state index in [1.54, 1.807) is 24.3 Å². The van der Waals surface area contributed by atoms with Gasteiger partial charge in [-0.1, -0.05) is 31.2 Å². The Bertz CT molecular complexity index is 477. The molecule has 3 heteroatoms. The molecule has 1 unspecified atom stereocenters. The lowest BCUT2D eigenvalue weighted by Gasteiger charge is -2.11. The first kappa shape index (κ1) is 14.3. The summed E-state index contributed by atoms with van der Waals surface area (Å²) in [4.78, 5) is 0. The van der Waals surface area contributed by atoms with Gasteiger partial charge in [0.25, 0.3) is 0 Å². The van der Waals surface area contributed by atoms with Crippen LogP contribution in [0.1, 0.15) is 24.0 Å². The first-order valence-corrected chi connectivity index (χ1v) is 5.65. The molecular formula is C15H17F2N. The Morgan fingerprint density at radius 1 is 0.833 bits per heavy atom. The van der Waals surface area contributed by atoms with Gasteiger partial charge < -0.3 is 6.15 Å². The largest absolute Gasteiger partial charge is 0.344 e. The smallest absolute Gasteiger partial charge is 0.123 e. The van der Waals surface area contributed by atoms with Crippen LogP contribution in [-0.2, 0) is 6.42 Å². The summed E-state index contributed by atoms with van der Waals surface area (Å²) in [7, 11) is 0. The highest BCUT2D eigenvalue weighted by Gasteiger charge is 2.06. The fourth-order valence-corrected chi connectivity index (χ4v) is 1.88. The molecule has 1 nitrogen and oxygen atoms in total. The molecule has 0 radical (unpaired) electrons. The van der Waals surface area contributed by atoms with Crippen LogP contribution in [0.3, 0.4) is 0 Å². The highest BCUT2D eigenvalue weighted by Crippen LogP contribution is 2.20. The van der Waals surface area contributed by atoms with Gasteiger partial charge in [0, 0.05) is 0 Å². The van der Waals surface area contributed by atoms with Crippen LogP contribution in [0.4, 0.5) is 8.78 Å².